The predicted molar refractivity (Wildman–Crippen MR) is 207 cm³/mol. The Kier molecular flexibility index (Phi) is 20.8. The van der Waals surface area contributed by atoms with Crippen LogP contribution in [0.2, 0.25) is 0 Å². The maximum absolute atomic E-state index is 12.6. The molecule has 12 N–H and O–H groups in total. The lowest BCUT2D eigenvalue weighted by Crippen LogP contribution is -2.46. The number of aromatic nitrogens is 4. The number of Topliss-reactive ketones (excluding diaryl/α,β-unsaturated/α-hetero) is 1. The number of nitrogens with one attached hydrogen (secondary N) is 2. The molecule has 0 aromatic carbocycles. The average Bonchev–Trinajstić information content (AvgIpc) is 3.70. The van der Waals surface area contributed by atoms with Crippen LogP contribution in [0.1, 0.15) is 52.7 Å². The molecule has 2 amide bonds. The summed E-state index contributed by atoms with van der Waals surface area (Å²) in [5.41, 5.74) is 4.20. The molecule has 0 aliphatic carbocycles. The Morgan fingerprint density at radius 2 is 1.60 bits per heavy atom. The number of phosphoric acid groups is 3. The van der Waals surface area contributed by atoms with Crippen molar-refractivity contribution in [3.63, 3.8) is 0 Å². The molecule has 0 radical (unpaired) electrons. The lowest BCUT2D eigenvalue weighted by Gasteiger charge is -2.30. The van der Waals surface area contributed by atoms with Gasteiger partial charge in [0.05, 0.1) is 26.0 Å². The molecule has 33 heteroatoms. The standard InChI is InChI=1S/C25H40N7O19P3S.C4H6O3/c1-25(2,20(38)23(39)28-6-5-14(33)27-7-8-55-16(36)4-3-15(34)35)10-48-54(45,46)51-53(43,44)47-9-13-19(50-52(40,41)42)18(37)24(49-13)32-12-31-17-21(26)29-11-30-22(17)32;1-3(5)2-4(6)7/h11-13,18-20,24,37-38H,3-10H2,1-2H3,(H,27,33)(H,28,39)(H,34,35)(H,43,44)(H,45,46)(H2,26,29,30)(H2,40,41,42);2H2,1H3,(H,6,7)/t13-,18-,19-,20+,24-;/m1./s1. The van der Waals surface area contributed by atoms with Crippen LogP contribution in [-0.2, 0) is 65.1 Å². The zero-order valence-electron chi connectivity index (χ0n) is 32.8. The number of fused-ring (bicyclic) bond motifs is 1. The van der Waals surface area contributed by atoms with Crippen LogP contribution in [0.5, 0.6) is 0 Å². The number of ether oxygens (including phenoxy) is 1. The number of thioether (sulfide) groups is 1. The van der Waals surface area contributed by atoms with E-state index in [1.807, 2.05) is 0 Å². The quantitative estimate of drug-likeness (QED) is 0.0327. The lowest BCUT2D eigenvalue weighted by atomic mass is 9.87. The predicted octanol–water partition coefficient (Wildman–Crippen LogP) is -1.42. The third-order valence-corrected chi connectivity index (χ3v) is 11.7. The number of nitrogens with two attached hydrogens (primary N) is 1. The Balaban J connectivity index is 0.00000173. The number of carbonyl (C=O) groups excluding carboxylic acids is 4. The van der Waals surface area contributed by atoms with Gasteiger partial charge in [-0.15, -0.1) is 0 Å². The number of phosphoric ester groups is 3. The summed E-state index contributed by atoms with van der Waals surface area (Å²) in [5.74, 6) is -3.89. The Hall–Kier alpha value is -3.83. The summed E-state index contributed by atoms with van der Waals surface area (Å²) in [6, 6.07) is 0. The highest BCUT2D eigenvalue weighted by Gasteiger charge is 2.50. The van der Waals surface area contributed by atoms with Crippen LogP contribution in [0.3, 0.4) is 0 Å². The van der Waals surface area contributed by atoms with E-state index in [4.69, 9.17) is 29.7 Å². The van der Waals surface area contributed by atoms with E-state index in [1.54, 1.807) is 0 Å². The van der Waals surface area contributed by atoms with E-state index in [-0.39, 0.29) is 72.4 Å². The van der Waals surface area contributed by atoms with E-state index in [9.17, 15) is 72.2 Å². The van der Waals surface area contributed by atoms with Crippen molar-refractivity contribution in [1.82, 2.24) is 30.2 Å². The number of hydrogen-bond acceptors (Lipinski definition) is 21. The van der Waals surface area contributed by atoms with Crippen LogP contribution in [0.4, 0.5) is 5.82 Å². The molecule has 1 aliphatic heterocycles. The molecular formula is C29H46N7O22P3S. The maximum atomic E-state index is 12.6. The summed E-state index contributed by atoms with van der Waals surface area (Å²) in [6.07, 6.45) is -7.91. The second-order valence-electron chi connectivity index (χ2n) is 13.5. The molecule has 3 heterocycles. The molecule has 2 unspecified atom stereocenters. The Labute approximate surface area is 354 Å². The Bertz CT molecular complexity index is 2060. The summed E-state index contributed by atoms with van der Waals surface area (Å²) in [5, 5.41) is 42.2. The minimum Gasteiger partial charge on any atom is -0.481 e. The molecule has 1 aliphatic rings. The maximum Gasteiger partial charge on any atom is 0.481 e. The van der Waals surface area contributed by atoms with Crippen LogP contribution >= 0.6 is 35.2 Å². The highest BCUT2D eigenvalue weighted by molar-refractivity contribution is 8.13. The number of aliphatic hydroxyl groups excluding tert-OH is 2. The minimum atomic E-state index is -5.59. The van der Waals surface area contributed by atoms with Gasteiger partial charge < -0.3 is 61.1 Å². The van der Waals surface area contributed by atoms with E-state index < -0.39 is 96.5 Å². The fourth-order valence-electron chi connectivity index (χ4n) is 4.79. The van der Waals surface area contributed by atoms with Crippen molar-refractivity contribution in [2.75, 3.05) is 37.8 Å². The number of aliphatic carboxylic acids is 2. The van der Waals surface area contributed by atoms with Crippen LogP contribution in [0, 0.1) is 5.41 Å². The normalized spacial score (nSPS) is 20.2. The van der Waals surface area contributed by atoms with Crippen LogP contribution in [-0.4, -0.2) is 151 Å². The number of aliphatic hydroxyl groups is 2. The molecule has 0 bridgehead atoms. The van der Waals surface area contributed by atoms with Gasteiger partial charge in [0, 0.05) is 37.1 Å². The number of hydrogen-bond donors (Lipinski definition) is 11. The molecule has 1 saturated heterocycles. The van der Waals surface area contributed by atoms with Gasteiger partial charge in [0.15, 0.2) is 22.8 Å². The molecule has 7 atom stereocenters. The molecule has 2 aromatic rings. The summed E-state index contributed by atoms with van der Waals surface area (Å²) < 4.78 is 61.9. The van der Waals surface area contributed by atoms with Gasteiger partial charge in [0.2, 0.25) is 11.8 Å². The van der Waals surface area contributed by atoms with Gasteiger partial charge in [-0.05, 0) is 6.92 Å². The number of imidazole rings is 1. The van der Waals surface area contributed by atoms with Crippen molar-refractivity contribution in [1.29, 1.82) is 0 Å². The first kappa shape index (κ1) is 54.3. The number of rotatable bonds is 24. The van der Waals surface area contributed by atoms with Gasteiger partial charge in [0.1, 0.15) is 48.5 Å². The lowest BCUT2D eigenvalue weighted by molar-refractivity contribution is -0.140. The number of nitrogen functional groups attached to an aromatic ring is 1. The molecule has 29 nitrogen and oxygen atoms in total. The molecule has 0 spiro atoms. The zero-order valence-corrected chi connectivity index (χ0v) is 36.3. The third-order valence-electron chi connectivity index (χ3n) is 7.71. The average molecular weight is 970 g/mol. The van der Waals surface area contributed by atoms with Gasteiger partial charge in [-0.1, -0.05) is 25.6 Å². The number of nitrogens with zero attached hydrogens (tertiary/aromatic N) is 4. The Morgan fingerprint density at radius 1 is 0.952 bits per heavy atom. The first-order valence-corrected chi connectivity index (χ1v) is 23.0. The molecule has 62 heavy (non-hydrogen) atoms. The van der Waals surface area contributed by atoms with Crippen molar-refractivity contribution in [2.24, 2.45) is 5.41 Å². The molecule has 3 rings (SSSR count). The van der Waals surface area contributed by atoms with Crippen molar-refractivity contribution >= 4 is 86.9 Å². The van der Waals surface area contributed by atoms with E-state index in [1.165, 1.54) is 20.8 Å². The zero-order chi connectivity index (χ0) is 47.2. The summed E-state index contributed by atoms with van der Waals surface area (Å²) in [7, 11) is -16.4. The van der Waals surface area contributed by atoms with Crippen molar-refractivity contribution in [2.45, 2.75) is 77.1 Å². The highest BCUT2D eigenvalue weighted by Crippen LogP contribution is 2.61. The minimum absolute atomic E-state index is 0.0197. The first-order chi connectivity index (χ1) is 28.5. The number of carbonyl (C=O) groups is 6. The van der Waals surface area contributed by atoms with E-state index in [0.717, 1.165) is 29.0 Å². The van der Waals surface area contributed by atoms with E-state index in [2.05, 4.69) is 34.4 Å². The number of amides is 2. The topological polar surface area (TPSA) is 455 Å². The monoisotopic (exact) mass is 969 g/mol. The molecule has 350 valence electrons. The number of anilines is 1. The van der Waals surface area contributed by atoms with E-state index in [0.29, 0.717) is 0 Å². The number of ketones is 1. The largest absolute Gasteiger partial charge is 0.481 e. The van der Waals surface area contributed by atoms with Gasteiger partial charge in [-0.3, -0.25) is 46.9 Å². The van der Waals surface area contributed by atoms with Gasteiger partial charge in [-0.2, -0.15) is 4.31 Å². The van der Waals surface area contributed by atoms with E-state index >= 15 is 0 Å². The van der Waals surface area contributed by atoms with Crippen molar-refractivity contribution in [3.05, 3.63) is 12.7 Å². The smallest absolute Gasteiger partial charge is 0.481 e. The Morgan fingerprint density at radius 3 is 2.18 bits per heavy atom. The van der Waals surface area contributed by atoms with Gasteiger partial charge in [0.25, 0.3) is 0 Å². The van der Waals surface area contributed by atoms with Gasteiger partial charge in [-0.25, -0.2) is 28.6 Å². The summed E-state index contributed by atoms with van der Waals surface area (Å²) in [6.45, 7) is 1.46. The van der Waals surface area contributed by atoms with Crippen LogP contribution < -0.4 is 16.4 Å². The number of carboxylic acid groups (broad SMARTS) is 2. The summed E-state index contributed by atoms with van der Waals surface area (Å²) in [4.78, 5) is 117. The van der Waals surface area contributed by atoms with Crippen molar-refractivity contribution in [3.8, 4) is 0 Å². The second kappa shape index (κ2) is 23.7. The van der Waals surface area contributed by atoms with Crippen LogP contribution in [0.15, 0.2) is 12.7 Å². The molecule has 1 fully saturated rings. The first-order valence-electron chi connectivity index (χ1n) is 17.5. The molecule has 2 aromatic heterocycles. The number of carboxylic acids is 2. The SMILES string of the molecule is CC(=O)CC(=O)O.CC(C)(COP(=O)(O)OP(=O)(O)OC[C@H]1O[C@@H](n2cnc3c(N)ncnc32)[C@H](O)[C@@H]1OP(=O)(O)O)[C@@H](O)C(=O)NCCC(=O)NCCSC(=O)CCC(=O)O. The second-order valence-corrected chi connectivity index (χ2v) is 18.8. The highest BCUT2D eigenvalue weighted by atomic mass is 32.2. The fraction of sp³-hybridized carbons (Fsp3) is 0.621. The van der Waals surface area contributed by atoms with Gasteiger partial charge >= 0.3 is 35.4 Å². The molecular weight excluding hydrogens is 923 g/mol. The van der Waals surface area contributed by atoms with Crippen LogP contribution in [0.25, 0.3) is 11.2 Å². The molecule has 0 saturated carbocycles. The summed E-state index contributed by atoms with van der Waals surface area (Å²) >= 11 is 0.849. The third kappa shape index (κ3) is 18.9. The fourth-order valence-corrected chi connectivity index (χ4v) is 8.30. The van der Waals surface area contributed by atoms with Crippen molar-refractivity contribution < 1.29 is 105 Å².